The largest absolute Gasteiger partial charge is 0.394 e. The molecule has 0 aliphatic rings. The van der Waals surface area contributed by atoms with Crippen LogP contribution >= 0.6 is 0 Å². The molecule has 18 heavy (non-hydrogen) atoms. The summed E-state index contributed by atoms with van der Waals surface area (Å²) in [7, 11) is 1.39. The van der Waals surface area contributed by atoms with Gasteiger partial charge >= 0.3 is 5.82 Å². The Morgan fingerprint density at radius 2 is 2.06 bits per heavy atom. The molecule has 0 unspecified atom stereocenters. The molecule has 1 rings (SSSR count). The minimum atomic E-state index is -1.17. The van der Waals surface area contributed by atoms with Gasteiger partial charge in [-0.05, 0) is 17.9 Å². The van der Waals surface area contributed by atoms with Crippen molar-refractivity contribution in [2.24, 2.45) is 7.05 Å². The minimum absolute atomic E-state index is 0.0785. The molecule has 0 spiro atoms. The third-order valence-electron chi connectivity index (χ3n) is 2.63. The third kappa shape index (κ3) is 2.66. The predicted molar refractivity (Wildman–Crippen MR) is 62.1 cm³/mol. The highest BCUT2D eigenvalue weighted by Crippen LogP contribution is 2.15. The van der Waals surface area contributed by atoms with Crippen molar-refractivity contribution in [2.75, 3.05) is 13.2 Å². The normalized spacial score (nSPS) is 11.3. The fourth-order valence-electron chi connectivity index (χ4n) is 1.38. The maximum Gasteiger partial charge on any atom is 0.323 e. The van der Waals surface area contributed by atoms with E-state index in [1.165, 1.54) is 26.1 Å². The molecule has 1 amide bonds. The van der Waals surface area contributed by atoms with Crippen molar-refractivity contribution in [1.82, 2.24) is 9.88 Å². The van der Waals surface area contributed by atoms with E-state index in [1.807, 2.05) is 0 Å². The van der Waals surface area contributed by atoms with Crippen molar-refractivity contribution in [3.05, 3.63) is 27.9 Å². The Hall–Kier alpha value is -1.93. The quantitative estimate of drug-likeness (QED) is 0.481. The zero-order valence-corrected chi connectivity index (χ0v) is 10.1. The van der Waals surface area contributed by atoms with E-state index in [0.29, 0.717) is 0 Å². The Kier molecular flexibility index (Phi) is 4.04. The van der Waals surface area contributed by atoms with Gasteiger partial charge in [0.05, 0.1) is 25.8 Å². The van der Waals surface area contributed by atoms with Gasteiger partial charge in [0.25, 0.3) is 5.91 Å². The molecule has 1 heterocycles. The second kappa shape index (κ2) is 5.15. The van der Waals surface area contributed by atoms with E-state index in [1.54, 1.807) is 0 Å². The molecular formula is C10H15N3O5. The summed E-state index contributed by atoms with van der Waals surface area (Å²) in [5.41, 5.74) is -1.09. The van der Waals surface area contributed by atoms with Gasteiger partial charge in [0.2, 0.25) is 0 Å². The first-order valence-electron chi connectivity index (χ1n) is 5.19. The van der Waals surface area contributed by atoms with Crippen LogP contribution in [0, 0.1) is 10.1 Å². The molecule has 3 N–H and O–H groups in total. The molecule has 8 heteroatoms. The van der Waals surface area contributed by atoms with Crippen LogP contribution in [0.1, 0.15) is 17.4 Å². The summed E-state index contributed by atoms with van der Waals surface area (Å²) in [5.74, 6) is -0.814. The topological polar surface area (TPSA) is 118 Å². The molecular weight excluding hydrogens is 242 g/mol. The van der Waals surface area contributed by atoms with E-state index in [9.17, 15) is 14.9 Å². The number of carbonyl (C=O) groups excluding carboxylic acids is 1. The molecule has 0 radical (unpaired) electrons. The van der Waals surface area contributed by atoms with E-state index >= 15 is 0 Å². The van der Waals surface area contributed by atoms with Gasteiger partial charge in [0, 0.05) is 6.07 Å². The molecule has 0 saturated heterocycles. The SMILES string of the molecule is Cn1c(C(=O)NC(C)(CO)CO)ccc1[N+](=O)[O-]. The summed E-state index contributed by atoms with van der Waals surface area (Å²) in [5, 5.41) is 31.2. The van der Waals surface area contributed by atoms with Crippen LogP contribution in [0.5, 0.6) is 0 Å². The maximum atomic E-state index is 11.9. The number of rotatable bonds is 5. The molecule has 0 saturated carbocycles. The fourth-order valence-corrected chi connectivity index (χ4v) is 1.38. The van der Waals surface area contributed by atoms with Crippen molar-refractivity contribution in [3.8, 4) is 0 Å². The lowest BCUT2D eigenvalue weighted by Gasteiger charge is -2.25. The van der Waals surface area contributed by atoms with Gasteiger partial charge in [-0.2, -0.15) is 0 Å². The molecule has 0 aliphatic carbocycles. The van der Waals surface area contributed by atoms with Crippen LogP contribution in [0.3, 0.4) is 0 Å². The monoisotopic (exact) mass is 257 g/mol. The van der Waals surface area contributed by atoms with Gasteiger partial charge < -0.3 is 25.6 Å². The summed E-state index contributed by atoms with van der Waals surface area (Å²) >= 11 is 0. The number of aromatic nitrogens is 1. The molecule has 8 nitrogen and oxygen atoms in total. The number of aliphatic hydroxyl groups excluding tert-OH is 2. The second-order valence-electron chi connectivity index (χ2n) is 4.22. The first-order chi connectivity index (χ1) is 8.34. The average molecular weight is 257 g/mol. The van der Waals surface area contributed by atoms with Crippen LogP contribution in [0.25, 0.3) is 0 Å². The van der Waals surface area contributed by atoms with Crippen molar-refractivity contribution in [1.29, 1.82) is 0 Å². The maximum absolute atomic E-state index is 11.9. The Bertz CT molecular complexity index is 464. The Labute approximate surface area is 103 Å². The van der Waals surface area contributed by atoms with Gasteiger partial charge in [-0.1, -0.05) is 0 Å². The highest BCUT2D eigenvalue weighted by molar-refractivity contribution is 5.93. The summed E-state index contributed by atoms with van der Waals surface area (Å²) in [6.45, 7) is 0.575. The van der Waals surface area contributed by atoms with Crippen LogP contribution in [0.4, 0.5) is 5.82 Å². The first-order valence-corrected chi connectivity index (χ1v) is 5.19. The Balaban J connectivity index is 2.95. The van der Waals surface area contributed by atoms with E-state index in [-0.39, 0.29) is 11.5 Å². The number of aliphatic hydroxyl groups is 2. The summed E-state index contributed by atoms with van der Waals surface area (Å²) in [6.07, 6.45) is 0. The molecule has 0 aromatic carbocycles. The molecule has 1 aromatic rings. The zero-order valence-electron chi connectivity index (χ0n) is 10.1. The molecule has 100 valence electrons. The van der Waals surface area contributed by atoms with Gasteiger partial charge in [0.15, 0.2) is 5.69 Å². The number of carbonyl (C=O) groups is 1. The summed E-state index contributed by atoms with van der Waals surface area (Å²) in [6, 6.07) is 2.52. The average Bonchev–Trinajstić information content (AvgIpc) is 2.71. The molecule has 0 atom stereocenters. The predicted octanol–water partition coefficient (Wildman–Crippen LogP) is -0.594. The van der Waals surface area contributed by atoms with Gasteiger partial charge in [-0.25, -0.2) is 4.57 Å². The lowest BCUT2D eigenvalue weighted by atomic mass is 10.1. The van der Waals surface area contributed by atoms with Crippen LogP contribution < -0.4 is 5.32 Å². The number of hydrogen-bond acceptors (Lipinski definition) is 5. The van der Waals surface area contributed by atoms with Crippen LogP contribution in [-0.4, -0.2) is 44.4 Å². The van der Waals surface area contributed by atoms with Gasteiger partial charge in [-0.15, -0.1) is 0 Å². The van der Waals surface area contributed by atoms with E-state index in [2.05, 4.69) is 5.32 Å². The molecule has 0 bridgehead atoms. The lowest BCUT2D eigenvalue weighted by molar-refractivity contribution is -0.391. The highest BCUT2D eigenvalue weighted by atomic mass is 16.6. The Morgan fingerprint density at radius 1 is 1.50 bits per heavy atom. The molecule has 0 fully saturated rings. The number of nitrogens with zero attached hydrogens (tertiary/aromatic N) is 2. The fraction of sp³-hybridized carbons (Fsp3) is 0.500. The van der Waals surface area contributed by atoms with Crippen molar-refractivity contribution in [3.63, 3.8) is 0 Å². The third-order valence-corrected chi connectivity index (χ3v) is 2.63. The van der Waals surface area contributed by atoms with Crippen molar-refractivity contribution in [2.45, 2.75) is 12.5 Å². The van der Waals surface area contributed by atoms with Gasteiger partial charge in [0.1, 0.15) is 0 Å². The summed E-state index contributed by atoms with van der Waals surface area (Å²) in [4.78, 5) is 21.9. The van der Waals surface area contributed by atoms with Crippen LogP contribution in [-0.2, 0) is 7.05 Å². The number of amides is 1. The smallest absolute Gasteiger partial charge is 0.323 e. The molecule has 1 aromatic heterocycles. The van der Waals surface area contributed by atoms with Gasteiger partial charge in [-0.3, -0.25) is 4.79 Å². The van der Waals surface area contributed by atoms with Crippen LogP contribution in [0.2, 0.25) is 0 Å². The van der Waals surface area contributed by atoms with Crippen molar-refractivity contribution < 1.29 is 19.9 Å². The Morgan fingerprint density at radius 3 is 2.44 bits per heavy atom. The lowest BCUT2D eigenvalue weighted by Crippen LogP contribution is -2.52. The van der Waals surface area contributed by atoms with Crippen LogP contribution in [0.15, 0.2) is 12.1 Å². The standard InChI is InChI=1S/C10H15N3O5/c1-10(5-14,6-15)11-9(16)7-3-4-8(12(7)2)13(17)18/h3-4,14-15H,5-6H2,1-2H3,(H,11,16). The van der Waals surface area contributed by atoms with E-state index in [0.717, 1.165) is 4.57 Å². The summed E-state index contributed by atoms with van der Waals surface area (Å²) < 4.78 is 1.13. The van der Waals surface area contributed by atoms with Crippen molar-refractivity contribution >= 4 is 11.7 Å². The molecule has 0 aliphatic heterocycles. The van der Waals surface area contributed by atoms with E-state index < -0.39 is 29.6 Å². The first kappa shape index (κ1) is 14.1. The highest BCUT2D eigenvalue weighted by Gasteiger charge is 2.28. The van der Waals surface area contributed by atoms with E-state index in [4.69, 9.17) is 10.2 Å². The minimum Gasteiger partial charge on any atom is -0.394 e. The number of nitrogens with one attached hydrogen (secondary N) is 1. The number of hydrogen-bond donors (Lipinski definition) is 3. The second-order valence-corrected chi connectivity index (χ2v) is 4.22. The number of nitro groups is 1. The zero-order chi connectivity index (χ0) is 13.9.